The first-order valence-corrected chi connectivity index (χ1v) is 12.9. The molecule has 32 heavy (non-hydrogen) atoms. The van der Waals surface area contributed by atoms with Gasteiger partial charge < -0.3 is 5.73 Å². The molecular weight excluding hydrogens is 483 g/mol. The fraction of sp³-hybridized carbons (Fsp3) is 0.261. The van der Waals surface area contributed by atoms with Crippen LogP contribution in [0.2, 0.25) is 10.0 Å². The summed E-state index contributed by atoms with van der Waals surface area (Å²) in [5.41, 5.74) is 10.8. The number of aryl methyl sites for hydroxylation is 2. The lowest BCUT2D eigenvalue weighted by molar-refractivity contribution is 0.103. The zero-order chi connectivity index (χ0) is 22.2. The number of nitrogens with two attached hydrogens (primary N) is 1. The Morgan fingerprint density at radius 1 is 1.03 bits per heavy atom. The maximum Gasteiger partial charge on any atom is 0.269 e. The molecule has 3 N–H and O–H groups in total. The number of carbonyl (C=O) groups excluding carboxylic acids is 1. The van der Waals surface area contributed by atoms with Crippen molar-refractivity contribution in [3.05, 3.63) is 55.8 Å². The normalized spacial score (nSPS) is 14.1. The van der Waals surface area contributed by atoms with Gasteiger partial charge in [0.25, 0.3) is 5.91 Å². The number of hydrogen-bond donors (Lipinski definition) is 2. The van der Waals surface area contributed by atoms with Crippen molar-refractivity contribution < 1.29 is 4.79 Å². The smallest absolute Gasteiger partial charge is 0.269 e. The van der Waals surface area contributed by atoms with E-state index in [0.29, 0.717) is 25.7 Å². The summed E-state index contributed by atoms with van der Waals surface area (Å²) in [6.45, 7) is 0. The molecule has 0 bridgehead atoms. The number of thiophene rings is 1. The predicted molar refractivity (Wildman–Crippen MR) is 135 cm³/mol. The summed E-state index contributed by atoms with van der Waals surface area (Å²) in [5, 5.41) is 7.06. The quantitative estimate of drug-likeness (QED) is 0.309. The second-order valence-electron chi connectivity index (χ2n) is 7.83. The third-order valence-electron chi connectivity index (χ3n) is 5.65. The summed E-state index contributed by atoms with van der Waals surface area (Å²) in [5.74, 6) is -0.270. The maximum atomic E-state index is 13.0. The summed E-state index contributed by atoms with van der Waals surface area (Å²) in [6, 6.07) is 7.46. The van der Waals surface area contributed by atoms with Crippen LogP contribution in [-0.4, -0.2) is 15.9 Å². The van der Waals surface area contributed by atoms with E-state index in [2.05, 4.69) is 16.4 Å². The molecule has 5 nitrogen and oxygen atoms in total. The Balaban J connectivity index is 1.41. The Hall–Kier alpha value is -2.19. The van der Waals surface area contributed by atoms with Crippen LogP contribution in [0, 0.1) is 0 Å². The maximum absolute atomic E-state index is 13.0. The Morgan fingerprint density at radius 3 is 2.66 bits per heavy atom. The minimum absolute atomic E-state index is 0.270. The fourth-order valence-corrected chi connectivity index (χ4v) is 5.96. The van der Waals surface area contributed by atoms with Gasteiger partial charge in [0.2, 0.25) is 0 Å². The number of amides is 1. The number of nitrogens with one attached hydrogen (secondary N) is 1. The number of nitrogens with zero attached hydrogens (tertiary/aromatic N) is 2. The van der Waals surface area contributed by atoms with E-state index in [9.17, 15) is 4.79 Å². The summed E-state index contributed by atoms with van der Waals surface area (Å²) >= 11 is 14.8. The van der Waals surface area contributed by atoms with Crippen molar-refractivity contribution in [2.45, 2.75) is 38.5 Å². The van der Waals surface area contributed by atoms with Crippen LogP contribution < -0.4 is 11.1 Å². The number of thiazole rings is 1. The molecule has 1 amide bonds. The van der Waals surface area contributed by atoms with Crippen LogP contribution in [0.1, 0.15) is 46.6 Å². The molecule has 0 unspecified atom stereocenters. The number of hydrogen-bond acceptors (Lipinski definition) is 6. The van der Waals surface area contributed by atoms with Crippen LogP contribution in [0.25, 0.3) is 21.5 Å². The van der Waals surface area contributed by atoms with Crippen LogP contribution in [0.15, 0.2) is 29.6 Å². The summed E-state index contributed by atoms with van der Waals surface area (Å²) in [4.78, 5) is 23.7. The summed E-state index contributed by atoms with van der Waals surface area (Å²) in [7, 11) is 0. The fourth-order valence-electron chi connectivity index (χ4n) is 3.95. The van der Waals surface area contributed by atoms with Crippen molar-refractivity contribution in [3.8, 4) is 11.3 Å². The van der Waals surface area contributed by atoms with Crippen LogP contribution in [0.4, 0.5) is 10.8 Å². The average molecular weight is 503 g/mol. The summed E-state index contributed by atoms with van der Waals surface area (Å²) < 4.78 is 0. The van der Waals surface area contributed by atoms with Gasteiger partial charge in [-0.25, -0.2) is 9.97 Å². The zero-order valence-electron chi connectivity index (χ0n) is 17.1. The first-order valence-electron chi connectivity index (χ1n) is 10.4. The highest BCUT2D eigenvalue weighted by atomic mass is 35.5. The minimum Gasteiger partial charge on any atom is -0.397 e. The second kappa shape index (κ2) is 8.98. The number of fused-ring (bicyclic) bond motifs is 2. The highest BCUT2D eigenvalue weighted by molar-refractivity contribution is 7.21. The summed E-state index contributed by atoms with van der Waals surface area (Å²) in [6.07, 6.45) is 6.83. The molecule has 1 aromatic carbocycles. The molecular formula is C23H20Cl2N4OS2. The lowest BCUT2D eigenvalue weighted by Crippen LogP contribution is -2.11. The first kappa shape index (κ1) is 21.6. The molecule has 0 spiro atoms. The van der Waals surface area contributed by atoms with E-state index in [1.165, 1.54) is 47.5 Å². The molecule has 1 aliphatic rings. The third kappa shape index (κ3) is 4.22. The number of anilines is 2. The number of pyridine rings is 1. The monoisotopic (exact) mass is 502 g/mol. The van der Waals surface area contributed by atoms with Crippen molar-refractivity contribution in [3.63, 3.8) is 0 Å². The van der Waals surface area contributed by atoms with Crippen molar-refractivity contribution in [2.24, 2.45) is 0 Å². The standard InChI is InChI=1S/C23H20Cl2N4OS2/c24-15-8-7-13(10-16(15)25)18-11-31-23(28-18)29-21(30)20-19(26)14-9-12-5-3-1-2-4-6-17(12)27-22(14)32-20/h7-11H,1-6,26H2,(H,28,29,30). The van der Waals surface area contributed by atoms with Gasteiger partial charge in [0, 0.05) is 22.0 Å². The molecule has 0 atom stereocenters. The van der Waals surface area contributed by atoms with Gasteiger partial charge in [-0.15, -0.1) is 22.7 Å². The van der Waals surface area contributed by atoms with E-state index in [-0.39, 0.29) is 5.91 Å². The van der Waals surface area contributed by atoms with E-state index < -0.39 is 0 Å². The molecule has 0 saturated carbocycles. The lowest BCUT2D eigenvalue weighted by atomic mass is 9.96. The van der Waals surface area contributed by atoms with E-state index in [0.717, 1.165) is 46.4 Å². The van der Waals surface area contributed by atoms with Gasteiger partial charge in [0.05, 0.1) is 21.4 Å². The molecule has 0 radical (unpaired) electrons. The average Bonchev–Trinajstić information content (AvgIpc) is 3.34. The lowest BCUT2D eigenvalue weighted by Gasteiger charge is -2.12. The molecule has 3 heterocycles. The highest BCUT2D eigenvalue weighted by Crippen LogP contribution is 2.36. The highest BCUT2D eigenvalue weighted by Gasteiger charge is 2.21. The topological polar surface area (TPSA) is 80.9 Å². The number of carbonyl (C=O) groups is 1. The molecule has 0 saturated heterocycles. The van der Waals surface area contributed by atoms with Gasteiger partial charge in [-0.1, -0.05) is 42.1 Å². The van der Waals surface area contributed by atoms with Gasteiger partial charge in [-0.3, -0.25) is 10.1 Å². The predicted octanol–water partition coefficient (Wildman–Crippen LogP) is 7.22. The molecule has 0 aliphatic heterocycles. The Kier molecular flexibility index (Phi) is 6.07. The second-order valence-corrected chi connectivity index (χ2v) is 10.5. The van der Waals surface area contributed by atoms with Crippen molar-refractivity contribution in [1.82, 2.24) is 9.97 Å². The van der Waals surface area contributed by atoms with Crippen molar-refractivity contribution in [1.29, 1.82) is 0 Å². The Bertz CT molecular complexity index is 1330. The molecule has 3 aromatic heterocycles. The third-order valence-corrected chi connectivity index (χ3v) is 8.26. The molecule has 0 fully saturated rings. The van der Waals surface area contributed by atoms with E-state index in [4.69, 9.17) is 33.9 Å². The van der Waals surface area contributed by atoms with Gasteiger partial charge >= 0.3 is 0 Å². The number of benzene rings is 1. The SMILES string of the molecule is Nc1c(C(=O)Nc2nc(-c3ccc(Cl)c(Cl)c3)cs2)sc2nc3c(cc12)CCCCCC3. The van der Waals surface area contributed by atoms with Crippen LogP contribution >= 0.6 is 45.9 Å². The Morgan fingerprint density at radius 2 is 1.84 bits per heavy atom. The Labute approximate surface area is 203 Å². The molecule has 164 valence electrons. The number of halogens is 2. The number of aromatic nitrogens is 2. The zero-order valence-corrected chi connectivity index (χ0v) is 20.2. The van der Waals surface area contributed by atoms with Crippen LogP contribution in [0.5, 0.6) is 0 Å². The largest absolute Gasteiger partial charge is 0.397 e. The van der Waals surface area contributed by atoms with E-state index in [1.807, 2.05) is 11.4 Å². The number of nitrogen functional groups attached to an aromatic ring is 1. The van der Waals surface area contributed by atoms with E-state index >= 15 is 0 Å². The number of rotatable bonds is 3. The molecule has 9 heteroatoms. The molecule has 4 aromatic rings. The molecule has 1 aliphatic carbocycles. The van der Waals surface area contributed by atoms with Crippen molar-refractivity contribution in [2.75, 3.05) is 11.1 Å². The first-order chi connectivity index (χ1) is 15.5. The van der Waals surface area contributed by atoms with Gasteiger partial charge in [-0.2, -0.15) is 0 Å². The van der Waals surface area contributed by atoms with Gasteiger partial charge in [-0.05, 0) is 49.4 Å². The van der Waals surface area contributed by atoms with Crippen LogP contribution in [-0.2, 0) is 12.8 Å². The van der Waals surface area contributed by atoms with Gasteiger partial charge in [0.1, 0.15) is 9.71 Å². The van der Waals surface area contributed by atoms with Crippen LogP contribution in [0.3, 0.4) is 0 Å². The van der Waals surface area contributed by atoms with Gasteiger partial charge in [0.15, 0.2) is 5.13 Å². The van der Waals surface area contributed by atoms with E-state index in [1.54, 1.807) is 12.1 Å². The van der Waals surface area contributed by atoms with Crippen molar-refractivity contribution >= 4 is 72.8 Å². The molecule has 5 rings (SSSR count). The minimum atomic E-state index is -0.270.